The van der Waals surface area contributed by atoms with Crippen LogP contribution in [-0.2, 0) is 0 Å². The highest BCUT2D eigenvalue weighted by atomic mass is 127. The highest BCUT2D eigenvalue weighted by Crippen LogP contribution is 2.64. The van der Waals surface area contributed by atoms with Crippen LogP contribution in [0.15, 0.2) is 24.3 Å². The van der Waals surface area contributed by atoms with Crippen molar-refractivity contribution in [3.05, 3.63) is 35.5 Å². The minimum absolute atomic E-state index is 0.223. The maximum Gasteiger partial charge on any atom is 0.195 e. The lowest BCUT2D eigenvalue weighted by Gasteiger charge is -2.08. The fourth-order valence-corrected chi connectivity index (χ4v) is 4.04. The molecular formula is C14H9I2N4OPS. The van der Waals surface area contributed by atoms with E-state index < -0.39 is 0 Å². The van der Waals surface area contributed by atoms with Gasteiger partial charge in [0.1, 0.15) is 0 Å². The molecule has 0 bridgehead atoms. The average Bonchev–Trinajstić information content (AvgIpc) is 2.54. The number of hydrogen-bond acceptors (Lipinski definition) is 6. The lowest BCUT2D eigenvalue weighted by molar-refractivity contribution is 0.412. The molecule has 0 aliphatic rings. The normalized spacial score (nSPS) is 9.87. The SMILES string of the molecule is COc1c(N)nc(-c2cccc(C#N)c2)nc1C#CSP(I)I. The zero-order valence-electron chi connectivity index (χ0n) is 11.7. The summed E-state index contributed by atoms with van der Waals surface area (Å²) in [6.07, 6.45) is 0. The largest absolute Gasteiger partial charge is 0.490 e. The zero-order chi connectivity index (χ0) is 16.8. The first-order chi connectivity index (χ1) is 11.0. The first-order valence-electron chi connectivity index (χ1n) is 6.07. The summed E-state index contributed by atoms with van der Waals surface area (Å²) in [6, 6.07) is 9.12. The number of methoxy groups -OCH3 is 1. The fraction of sp³-hybridized carbons (Fsp3) is 0.0714. The Balaban J connectivity index is 2.51. The number of nitrogens with two attached hydrogens (primary N) is 1. The van der Waals surface area contributed by atoms with E-state index >= 15 is 0 Å². The molecule has 0 saturated heterocycles. The first-order valence-corrected chi connectivity index (χ1v) is 14.4. The Labute approximate surface area is 165 Å². The van der Waals surface area contributed by atoms with Crippen molar-refractivity contribution >= 4 is 63.7 Å². The van der Waals surface area contributed by atoms with Crippen molar-refractivity contribution in [2.45, 2.75) is 0 Å². The monoisotopic (exact) mass is 566 g/mol. The van der Waals surface area contributed by atoms with Gasteiger partial charge in [0.25, 0.3) is 0 Å². The molecule has 1 aromatic carbocycles. The van der Waals surface area contributed by atoms with Gasteiger partial charge >= 0.3 is 0 Å². The molecule has 0 atom stereocenters. The van der Waals surface area contributed by atoms with E-state index in [1.807, 2.05) is 6.07 Å². The van der Waals surface area contributed by atoms with Crippen molar-refractivity contribution in [3.63, 3.8) is 0 Å². The second-order valence-electron chi connectivity index (χ2n) is 4.03. The molecule has 1 heterocycles. The molecule has 0 amide bonds. The van der Waals surface area contributed by atoms with Crippen LogP contribution in [0.3, 0.4) is 0 Å². The molecule has 0 radical (unpaired) electrons. The van der Waals surface area contributed by atoms with E-state index in [2.05, 4.69) is 71.3 Å². The number of aromatic nitrogens is 2. The van der Waals surface area contributed by atoms with Crippen molar-refractivity contribution < 1.29 is 4.74 Å². The summed E-state index contributed by atoms with van der Waals surface area (Å²) in [7, 11) is 1.51. The molecule has 9 heteroatoms. The number of ether oxygens (including phenoxy) is 1. The van der Waals surface area contributed by atoms with Crippen LogP contribution >= 0.6 is 57.9 Å². The minimum Gasteiger partial charge on any atom is -0.490 e. The van der Waals surface area contributed by atoms with Crippen LogP contribution in [0.25, 0.3) is 11.4 Å². The Morgan fingerprint density at radius 3 is 2.78 bits per heavy atom. The van der Waals surface area contributed by atoms with Gasteiger partial charge in [-0.25, -0.2) is 9.97 Å². The highest BCUT2D eigenvalue weighted by molar-refractivity contribution is 14.3. The minimum atomic E-state index is -0.245. The molecule has 0 fully saturated rings. The van der Waals surface area contributed by atoms with Crippen LogP contribution in [-0.4, -0.2) is 17.1 Å². The molecular weight excluding hydrogens is 557 g/mol. The summed E-state index contributed by atoms with van der Waals surface area (Å²) in [5.74, 6) is 3.98. The van der Waals surface area contributed by atoms with E-state index in [1.54, 1.807) is 18.2 Å². The van der Waals surface area contributed by atoms with Crippen LogP contribution in [0.5, 0.6) is 5.75 Å². The third kappa shape index (κ3) is 5.08. The Bertz CT molecular complexity index is 830. The molecule has 0 spiro atoms. The fourth-order valence-electron chi connectivity index (χ4n) is 1.72. The van der Waals surface area contributed by atoms with Gasteiger partial charge in [-0.15, -0.1) is 0 Å². The standard InChI is InChI=1S/C14H9I2N4OPS/c1-21-12-11(5-6-23-22(15)16)19-14(20-13(12)18)10-4-2-3-9(7-10)8-17/h2-4,7H,1H3,(H2,18,19,20). The van der Waals surface area contributed by atoms with E-state index in [9.17, 15) is 0 Å². The van der Waals surface area contributed by atoms with Crippen molar-refractivity contribution in [2.24, 2.45) is 0 Å². The maximum absolute atomic E-state index is 9.01. The van der Waals surface area contributed by atoms with Gasteiger partial charge in [0.15, 0.2) is 23.1 Å². The Kier molecular flexibility index (Phi) is 7.15. The van der Waals surface area contributed by atoms with E-state index in [4.69, 9.17) is 15.7 Å². The molecule has 0 unspecified atom stereocenters. The summed E-state index contributed by atoms with van der Waals surface area (Å²) in [5, 5.41) is 12.0. The smallest absolute Gasteiger partial charge is 0.195 e. The van der Waals surface area contributed by atoms with Crippen molar-refractivity contribution in [3.8, 4) is 34.4 Å². The van der Waals surface area contributed by atoms with Crippen molar-refractivity contribution in [2.75, 3.05) is 12.8 Å². The van der Waals surface area contributed by atoms with Gasteiger partial charge in [0, 0.05) is 5.56 Å². The van der Waals surface area contributed by atoms with Crippen LogP contribution in [0, 0.1) is 22.5 Å². The van der Waals surface area contributed by atoms with Crippen molar-refractivity contribution in [1.29, 1.82) is 5.26 Å². The zero-order valence-corrected chi connectivity index (χ0v) is 17.8. The van der Waals surface area contributed by atoms with Gasteiger partial charge in [-0.2, -0.15) is 5.26 Å². The Morgan fingerprint density at radius 2 is 2.13 bits per heavy atom. The third-order valence-corrected chi connectivity index (χ3v) is 7.19. The molecule has 2 aromatic rings. The van der Waals surface area contributed by atoms with Crippen LogP contribution in [0.1, 0.15) is 11.3 Å². The van der Waals surface area contributed by atoms with Gasteiger partial charge in [0.2, 0.25) is 0 Å². The van der Waals surface area contributed by atoms with Gasteiger partial charge in [0.05, 0.1) is 21.2 Å². The maximum atomic E-state index is 9.01. The molecule has 1 aromatic heterocycles. The summed E-state index contributed by atoms with van der Waals surface area (Å²) in [5.41, 5.74) is 7.64. The molecule has 5 nitrogen and oxygen atoms in total. The average molecular weight is 566 g/mol. The van der Waals surface area contributed by atoms with Crippen LogP contribution < -0.4 is 10.5 Å². The highest BCUT2D eigenvalue weighted by Gasteiger charge is 2.13. The number of benzene rings is 1. The second kappa shape index (κ2) is 8.88. The Hall–Kier alpha value is -0.810. The topological polar surface area (TPSA) is 84.8 Å². The van der Waals surface area contributed by atoms with Crippen molar-refractivity contribution in [1.82, 2.24) is 9.97 Å². The predicted octanol–water partition coefficient (Wildman–Crippen LogP) is 4.75. The Morgan fingerprint density at radius 1 is 1.35 bits per heavy atom. The van der Waals surface area contributed by atoms with Crippen LogP contribution in [0.2, 0.25) is 0 Å². The predicted molar refractivity (Wildman–Crippen MR) is 113 cm³/mol. The van der Waals surface area contributed by atoms with Crippen LogP contribution in [0.4, 0.5) is 5.82 Å². The van der Waals surface area contributed by atoms with E-state index in [0.717, 1.165) is 0 Å². The summed E-state index contributed by atoms with van der Waals surface area (Å²) in [6.45, 7) is 0. The molecule has 0 aliphatic carbocycles. The van der Waals surface area contributed by atoms with Gasteiger partial charge < -0.3 is 10.5 Å². The number of nitrogens with zero attached hydrogens (tertiary/aromatic N) is 3. The summed E-state index contributed by atoms with van der Waals surface area (Å²) in [4.78, 5) is 8.69. The lowest BCUT2D eigenvalue weighted by Crippen LogP contribution is -2.03. The van der Waals surface area contributed by atoms with E-state index in [0.29, 0.717) is 28.4 Å². The molecule has 2 rings (SSSR count). The number of rotatable bonds is 3. The van der Waals surface area contributed by atoms with Gasteiger partial charge in [-0.3, -0.25) is 0 Å². The lowest BCUT2D eigenvalue weighted by atomic mass is 10.1. The van der Waals surface area contributed by atoms with E-state index in [-0.39, 0.29) is 8.23 Å². The molecule has 0 aliphatic heterocycles. The molecule has 0 saturated carbocycles. The third-order valence-electron chi connectivity index (χ3n) is 2.63. The number of nitriles is 1. The molecule has 2 N–H and O–H groups in total. The number of halogens is 2. The van der Waals surface area contributed by atoms with E-state index in [1.165, 1.54) is 18.5 Å². The molecule has 116 valence electrons. The van der Waals surface area contributed by atoms with Gasteiger partial charge in [-0.1, -0.05) is 12.1 Å². The second-order valence-corrected chi connectivity index (χ2v) is 21.7. The number of anilines is 1. The summed E-state index contributed by atoms with van der Waals surface area (Å²) >= 11 is 6.19. The molecule has 23 heavy (non-hydrogen) atoms. The van der Waals surface area contributed by atoms with Gasteiger partial charge in [-0.05, 0) is 78.8 Å². The number of nitrogen functional groups attached to an aromatic ring is 1. The summed E-state index contributed by atoms with van der Waals surface area (Å²) < 4.78 is 5.01. The number of hydrogen-bond donors (Lipinski definition) is 1. The first kappa shape index (κ1) is 18.5. The quantitative estimate of drug-likeness (QED) is 0.329.